The van der Waals surface area contributed by atoms with Crippen molar-refractivity contribution in [1.82, 2.24) is 0 Å². The molecule has 0 bridgehead atoms. The summed E-state index contributed by atoms with van der Waals surface area (Å²) in [5.41, 5.74) is 1.95. The Balaban J connectivity index is 1.47. The third kappa shape index (κ3) is 4.83. The van der Waals surface area contributed by atoms with Crippen LogP contribution < -0.4 is 14.4 Å². The molecule has 0 aliphatic carbocycles. The average molecular weight is 532 g/mol. The number of methoxy groups -OCH3 is 1. The number of anilines is 1. The van der Waals surface area contributed by atoms with Crippen LogP contribution in [0.5, 0.6) is 11.5 Å². The second-order valence-electron chi connectivity index (χ2n) is 9.88. The van der Waals surface area contributed by atoms with Crippen molar-refractivity contribution in [2.24, 2.45) is 0 Å². The summed E-state index contributed by atoms with van der Waals surface area (Å²) >= 11 is 0. The molecule has 0 aromatic heterocycles. The number of rotatable bonds is 5. The zero-order valence-corrected chi connectivity index (χ0v) is 21.5. The van der Waals surface area contributed by atoms with E-state index in [4.69, 9.17) is 14.2 Å². The number of ether oxygens (including phenoxy) is 3. The van der Waals surface area contributed by atoms with E-state index in [1.807, 2.05) is 48.6 Å². The molecule has 2 aliphatic rings. The van der Waals surface area contributed by atoms with E-state index >= 15 is 0 Å². The quantitative estimate of drug-likeness (QED) is 0.272. The maximum absolute atomic E-state index is 13.4. The summed E-state index contributed by atoms with van der Waals surface area (Å²) in [5.74, 6) is 1.43. The normalized spacial score (nSPS) is 19.0. The van der Waals surface area contributed by atoms with Crippen LogP contribution in [0.2, 0.25) is 0 Å². The average Bonchev–Trinajstić information content (AvgIpc) is 2.97. The molecule has 0 radical (unpaired) electrons. The summed E-state index contributed by atoms with van der Waals surface area (Å²) < 4.78 is 57.9. The fraction of sp³-hybridized carbons (Fsp3) is 0.250. The molecule has 2 heterocycles. The third-order valence-electron chi connectivity index (χ3n) is 7.52. The minimum absolute atomic E-state index is 0.429. The van der Waals surface area contributed by atoms with E-state index in [2.05, 4.69) is 23.1 Å². The van der Waals surface area contributed by atoms with Crippen molar-refractivity contribution in [3.05, 3.63) is 107 Å². The van der Waals surface area contributed by atoms with Crippen LogP contribution in [-0.2, 0) is 22.9 Å². The molecule has 1 unspecified atom stereocenters. The van der Waals surface area contributed by atoms with Crippen molar-refractivity contribution in [3.63, 3.8) is 0 Å². The van der Waals surface area contributed by atoms with Gasteiger partial charge in [0, 0.05) is 42.2 Å². The van der Waals surface area contributed by atoms with E-state index < -0.39 is 17.3 Å². The predicted molar refractivity (Wildman–Crippen MR) is 146 cm³/mol. The van der Waals surface area contributed by atoms with Crippen molar-refractivity contribution in [2.75, 3.05) is 38.3 Å². The molecular weight excluding hydrogens is 503 g/mol. The lowest BCUT2D eigenvalue weighted by Crippen LogP contribution is -2.37. The van der Waals surface area contributed by atoms with Gasteiger partial charge in [-0.3, -0.25) is 0 Å². The van der Waals surface area contributed by atoms with Gasteiger partial charge in [0.1, 0.15) is 11.5 Å². The molecular formula is C32H28F3NO3. The van der Waals surface area contributed by atoms with Crippen molar-refractivity contribution in [3.8, 4) is 11.5 Å². The van der Waals surface area contributed by atoms with Gasteiger partial charge in [-0.1, -0.05) is 54.6 Å². The van der Waals surface area contributed by atoms with Crippen molar-refractivity contribution >= 4 is 22.5 Å². The number of fused-ring (bicyclic) bond motifs is 3. The smallest absolute Gasteiger partial charge is 0.416 e. The number of hydrogen-bond donors (Lipinski definition) is 0. The Morgan fingerprint density at radius 2 is 1.59 bits per heavy atom. The van der Waals surface area contributed by atoms with E-state index in [1.54, 1.807) is 7.11 Å². The van der Waals surface area contributed by atoms with Crippen LogP contribution in [0.15, 0.2) is 84.9 Å². The van der Waals surface area contributed by atoms with Gasteiger partial charge < -0.3 is 19.1 Å². The highest BCUT2D eigenvalue weighted by Crippen LogP contribution is 2.46. The lowest BCUT2D eigenvalue weighted by Gasteiger charge is -2.38. The highest BCUT2D eigenvalue weighted by Gasteiger charge is 2.38. The van der Waals surface area contributed by atoms with Crippen LogP contribution in [0.4, 0.5) is 18.9 Å². The molecule has 6 rings (SSSR count). The van der Waals surface area contributed by atoms with Gasteiger partial charge >= 0.3 is 6.18 Å². The summed E-state index contributed by atoms with van der Waals surface area (Å²) in [6.45, 7) is 2.85. The maximum atomic E-state index is 13.4. The molecule has 200 valence electrons. The molecule has 0 saturated carbocycles. The summed E-state index contributed by atoms with van der Waals surface area (Å²) in [6.07, 6.45) is 0.0377. The largest absolute Gasteiger partial charge is 0.497 e. The first-order valence-electron chi connectivity index (χ1n) is 12.9. The minimum atomic E-state index is -4.41. The summed E-state index contributed by atoms with van der Waals surface area (Å²) in [5, 5.41) is 2.20. The predicted octanol–water partition coefficient (Wildman–Crippen LogP) is 7.25. The Bertz CT molecular complexity index is 1510. The molecule has 7 heteroatoms. The molecule has 0 spiro atoms. The highest BCUT2D eigenvalue weighted by atomic mass is 19.4. The maximum Gasteiger partial charge on any atom is 0.416 e. The van der Waals surface area contributed by atoms with Gasteiger partial charge in [-0.2, -0.15) is 13.2 Å². The first-order valence-corrected chi connectivity index (χ1v) is 12.9. The van der Waals surface area contributed by atoms with E-state index in [0.29, 0.717) is 30.9 Å². The van der Waals surface area contributed by atoms with Gasteiger partial charge in [0.2, 0.25) is 0 Å². The molecule has 4 nitrogen and oxygen atoms in total. The molecule has 4 aromatic rings. The summed E-state index contributed by atoms with van der Waals surface area (Å²) in [6, 6.07) is 23.3. The SMILES string of the molecule is COc1ccc(CC2(c3ccc(C(F)(F)F)cc3)C=Cc3c(cc(N4CCOCC4)c4ccccc34)O2)cc1. The molecule has 39 heavy (non-hydrogen) atoms. The van der Waals surface area contributed by atoms with Gasteiger partial charge in [0.25, 0.3) is 0 Å². The zero-order chi connectivity index (χ0) is 27.0. The molecule has 1 atom stereocenters. The Morgan fingerprint density at radius 1 is 0.897 bits per heavy atom. The van der Waals surface area contributed by atoms with Crippen LogP contribution >= 0.6 is 0 Å². The first-order chi connectivity index (χ1) is 18.9. The van der Waals surface area contributed by atoms with E-state index in [-0.39, 0.29) is 0 Å². The molecule has 0 N–H and O–H groups in total. The second-order valence-corrected chi connectivity index (χ2v) is 9.88. The van der Waals surface area contributed by atoms with Crippen molar-refractivity contribution in [1.29, 1.82) is 0 Å². The van der Waals surface area contributed by atoms with Gasteiger partial charge in [-0.15, -0.1) is 0 Å². The Kier molecular flexibility index (Phi) is 6.47. The van der Waals surface area contributed by atoms with Crippen LogP contribution in [0.25, 0.3) is 16.8 Å². The van der Waals surface area contributed by atoms with Crippen molar-refractivity contribution in [2.45, 2.75) is 18.2 Å². The molecule has 1 saturated heterocycles. The standard InChI is InChI=1S/C32H28F3NO3/c1-37-25-12-6-22(7-13-25)21-31(23-8-10-24(11-9-23)32(33,34)35)15-14-28-26-4-2-3-5-27(26)29(20-30(28)39-31)36-16-18-38-19-17-36/h2-15,20H,16-19,21H2,1H3. The zero-order valence-electron chi connectivity index (χ0n) is 21.5. The van der Waals surface area contributed by atoms with E-state index in [1.165, 1.54) is 12.1 Å². The topological polar surface area (TPSA) is 30.9 Å². The molecule has 2 aliphatic heterocycles. The Hall–Kier alpha value is -3.97. The van der Waals surface area contributed by atoms with Gasteiger partial charge in [0.15, 0.2) is 5.60 Å². The minimum Gasteiger partial charge on any atom is -0.497 e. The van der Waals surface area contributed by atoms with Crippen LogP contribution in [0, 0.1) is 0 Å². The number of hydrogen-bond acceptors (Lipinski definition) is 4. The lowest BCUT2D eigenvalue weighted by molar-refractivity contribution is -0.137. The summed E-state index contributed by atoms with van der Waals surface area (Å²) in [7, 11) is 1.61. The van der Waals surface area contributed by atoms with E-state index in [9.17, 15) is 13.2 Å². The Morgan fingerprint density at radius 3 is 2.26 bits per heavy atom. The lowest BCUT2D eigenvalue weighted by atomic mass is 9.83. The van der Waals surface area contributed by atoms with Crippen molar-refractivity contribution < 1.29 is 27.4 Å². The fourth-order valence-corrected chi connectivity index (χ4v) is 5.46. The number of morpholine rings is 1. The second kappa shape index (κ2) is 9.97. The van der Waals surface area contributed by atoms with Gasteiger partial charge in [-0.05, 0) is 46.9 Å². The van der Waals surface area contributed by atoms with Gasteiger partial charge in [-0.25, -0.2) is 0 Å². The van der Waals surface area contributed by atoms with Crippen LogP contribution in [0.1, 0.15) is 22.3 Å². The van der Waals surface area contributed by atoms with Crippen LogP contribution in [-0.4, -0.2) is 33.4 Å². The highest BCUT2D eigenvalue weighted by molar-refractivity contribution is 6.02. The number of halogens is 3. The van der Waals surface area contributed by atoms with Crippen LogP contribution in [0.3, 0.4) is 0 Å². The number of benzene rings is 4. The summed E-state index contributed by atoms with van der Waals surface area (Å²) in [4.78, 5) is 2.30. The third-order valence-corrected chi connectivity index (χ3v) is 7.52. The van der Waals surface area contributed by atoms with E-state index in [0.717, 1.165) is 58.6 Å². The molecule has 1 fully saturated rings. The molecule has 4 aromatic carbocycles. The number of nitrogens with zero attached hydrogens (tertiary/aromatic N) is 1. The van der Waals surface area contributed by atoms with Gasteiger partial charge in [0.05, 0.1) is 25.9 Å². The molecule has 0 amide bonds. The first kappa shape index (κ1) is 25.3. The fourth-order valence-electron chi connectivity index (χ4n) is 5.46. The Labute approximate surface area is 225 Å². The monoisotopic (exact) mass is 531 g/mol. The number of alkyl halides is 3.